The second-order valence-electron chi connectivity index (χ2n) is 2.90. The molecule has 2 aromatic rings. The summed E-state index contributed by atoms with van der Waals surface area (Å²) in [6.07, 6.45) is 4.66. The number of nitrogen functional groups attached to an aromatic ring is 2. The highest BCUT2D eigenvalue weighted by Crippen LogP contribution is 2.32. The molecule has 82 valence electrons. The minimum Gasteiger partial charge on any atom is -0.397 e. The van der Waals surface area contributed by atoms with Gasteiger partial charge in [-0.2, -0.15) is 0 Å². The molecule has 0 aliphatic rings. The van der Waals surface area contributed by atoms with Crippen LogP contribution in [0.4, 0.5) is 11.5 Å². The van der Waals surface area contributed by atoms with E-state index in [2.05, 4.69) is 15.0 Å². The van der Waals surface area contributed by atoms with Crippen LogP contribution >= 0.6 is 23.4 Å². The van der Waals surface area contributed by atoms with Gasteiger partial charge in [-0.05, 0) is 6.07 Å². The molecule has 2 rings (SSSR count). The smallest absolute Gasteiger partial charge is 0.158 e. The van der Waals surface area contributed by atoms with Gasteiger partial charge in [0.05, 0.1) is 18.1 Å². The zero-order valence-corrected chi connectivity index (χ0v) is 9.66. The maximum absolute atomic E-state index is 5.75. The normalized spacial score (nSPS) is 10.3. The lowest BCUT2D eigenvalue weighted by Gasteiger charge is -2.05. The Kier molecular flexibility index (Phi) is 3.12. The second-order valence-corrected chi connectivity index (χ2v) is 4.32. The third kappa shape index (κ3) is 2.34. The summed E-state index contributed by atoms with van der Waals surface area (Å²) in [5.74, 6) is 0.286. The lowest BCUT2D eigenvalue weighted by molar-refractivity contribution is 1.07. The van der Waals surface area contributed by atoms with Crippen molar-refractivity contribution in [3.8, 4) is 0 Å². The Morgan fingerprint density at radius 2 is 2.06 bits per heavy atom. The first kappa shape index (κ1) is 11.0. The molecule has 0 atom stereocenters. The predicted octanol–water partition coefficient (Wildman–Crippen LogP) is 1.84. The van der Waals surface area contributed by atoms with Crippen LogP contribution in [0.25, 0.3) is 0 Å². The van der Waals surface area contributed by atoms with Crippen LogP contribution in [-0.2, 0) is 0 Å². The largest absolute Gasteiger partial charge is 0.397 e. The number of nitrogens with zero attached hydrogens (tertiary/aromatic N) is 3. The van der Waals surface area contributed by atoms with Crippen molar-refractivity contribution in [2.45, 2.75) is 9.92 Å². The first-order valence-corrected chi connectivity index (χ1v) is 5.51. The van der Waals surface area contributed by atoms with E-state index in [0.717, 1.165) is 4.90 Å². The van der Waals surface area contributed by atoms with Crippen LogP contribution in [0.1, 0.15) is 0 Å². The van der Waals surface area contributed by atoms with Crippen LogP contribution < -0.4 is 11.5 Å². The molecular weight excluding hydrogens is 246 g/mol. The Morgan fingerprint density at radius 3 is 2.75 bits per heavy atom. The van der Waals surface area contributed by atoms with Gasteiger partial charge >= 0.3 is 0 Å². The molecule has 2 heterocycles. The highest BCUT2D eigenvalue weighted by molar-refractivity contribution is 7.99. The summed E-state index contributed by atoms with van der Waals surface area (Å²) in [6.45, 7) is 0. The molecular formula is C9H8ClN5S. The number of pyridine rings is 1. The predicted molar refractivity (Wildman–Crippen MR) is 64.2 cm³/mol. The first-order chi connectivity index (χ1) is 7.66. The molecule has 0 bridgehead atoms. The van der Waals surface area contributed by atoms with Gasteiger partial charge in [0.15, 0.2) is 5.82 Å². The molecule has 0 fully saturated rings. The third-order valence-corrected chi connectivity index (χ3v) is 3.03. The van der Waals surface area contributed by atoms with E-state index in [0.29, 0.717) is 10.7 Å². The van der Waals surface area contributed by atoms with Gasteiger partial charge in [0.25, 0.3) is 0 Å². The average molecular weight is 254 g/mol. The Labute approximate surface area is 101 Å². The minimum atomic E-state index is 0.268. The van der Waals surface area contributed by atoms with Crippen LogP contribution in [0, 0.1) is 0 Å². The van der Waals surface area contributed by atoms with Crippen molar-refractivity contribution < 1.29 is 0 Å². The van der Waals surface area contributed by atoms with Crippen molar-refractivity contribution in [3.63, 3.8) is 0 Å². The molecule has 0 amide bonds. The van der Waals surface area contributed by atoms with Crippen LogP contribution in [-0.4, -0.2) is 15.0 Å². The molecule has 5 nitrogen and oxygen atoms in total. The van der Waals surface area contributed by atoms with Gasteiger partial charge < -0.3 is 11.5 Å². The van der Waals surface area contributed by atoms with Gasteiger partial charge in [-0.1, -0.05) is 23.4 Å². The van der Waals surface area contributed by atoms with Gasteiger partial charge in [-0.25, -0.2) is 9.97 Å². The fourth-order valence-corrected chi connectivity index (χ4v) is 1.94. The molecule has 2 aromatic heterocycles. The van der Waals surface area contributed by atoms with Crippen molar-refractivity contribution in [2.75, 3.05) is 11.5 Å². The zero-order valence-electron chi connectivity index (χ0n) is 8.09. The lowest BCUT2D eigenvalue weighted by atomic mass is 10.4. The second kappa shape index (κ2) is 4.54. The fraction of sp³-hybridized carbons (Fsp3) is 0. The zero-order chi connectivity index (χ0) is 11.5. The van der Waals surface area contributed by atoms with E-state index in [9.17, 15) is 0 Å². The van der Waals surface area contributed by atoms with E-state index in [-0.39, 0.29) is 11.0 Å². The number of aromatic nitrogens is 3. The quantitative estimate of drug-likeness (QED) is 0.849. The summed E-state index contributed by atoms with van der Waals surface area (Å²) in [5.41, 5.74) is 12.0. The van der Waals surface area contributed by atoms with Crippen LogP contribution in [0.3, 0.4) is 0 Å². The van der Waals surface area contributed by atoms with Gasteiger partial charge in [0, 0.05) is 11.1 Å². The third-order valence-electron chi connectivity index (χ3n) is 1.75. The first-order valence-electron chi connectivity index (χ1n) is 4.32. The molecule has 0 unspecified atom stereocenters. The molecule has 0 spiro atoms. The van der Waals surface area contributed by atoms with Crippen molar-refractivity contribution in [1.82, 2.24) is 15.0 Å². The van der Waals surface area contributed by atoms with E-state index in [4.69, 9.17) is 23.1 Å². The van der Waals surface area contributed by atoms with Gasteiger partial charge in [0.2, 0.25) is 0 Å². The summed E-state index contributed by atoms with van der Waals surface area (Å²) < 4.78 is 0. The summed E-state index contributed by atoms with van der Waals surface area (Å²) in [7, 11) is 0. The molecule has 16 heavy (non-hydrogen) atoms. The molecule has 0 aliphatic carbocycles. The fourth-order valence-electron chi connectivity index (χ4n) is 1.04. The van der Waals surface area contributed by atoms with Crippen molar-refractivity contribution in [2.24, 2.45) is 0 Å². The van der Waals surface area contributed by atoms with E-state index >= 15 is 0 Å². The molecule has 0 aromatic carbocycles. The van der Waals surface area contributed by atoms with E-state index < -0.39 is 0 Å². The maximum Gasteiger partial charge on any atom is 0.158 e. The Bertz CT molecular complexity index is 519. The van der Waals surface area contributed by atoms with E-state index in [1.807, 2.05) is 0 Å². The van der Waals surface area contributed by atoms with Crippen molar-refractivity contribution in [3.05, 3.63) is 29.8 Å². The number of hydrogen-bond donors (Lipinski definition) is 2. The van der Waals surface area contributed by atoms with Crippen LogP contribution in [0.2, 0.25) is 5.15 Å². The number of halogens is 1. The molecule has 7 heteroatoms. The summed E-state index contributed by atoms with van der Waals surface area (Å²) in [6, 6.07) is 1.79. The van der Waals surface area contributed by atoms with Crippen LogP contribution in [0.15, 0.2) is 34.6 Å². The average Bonchev–Trinajstić information content (AvgIpc) is 2.25. The molecule has 0 saturated heterocycles. The SMILES string of the molecule is Nc1cnccc1Sc1ncc(Cl)nc1N. The monoisotopic (exact) mass is 253 g/mol. The van der Waals surface area contributed by atoms with Crippen molar-refractivity contribution >= 4 is 34.9 Å². The van der Waals surface area contributed by atoms with Gasteiger partial charge in [0.1, 0.15) is 10.2 Å². The maximum atomic E-state index is 5.75. The number of hydrogen-bond acceptors (Lipinski definition) is 6. The Morgan fingerprint density at radius 1 is 1.25 bits per heavy atom. The van der Waals surface area contributed by atoms with Gasteiger partial charge in [-0.3, -0.25) is 4.98 Å². The van der Waals surface area contributed by atoms with Gasteiger partial charge in [-0.15, -0.1) is 0 Å². The van der Waals surface area contributed by atoms with Crippen LogP contribution in [0.5, 0.6) is 0 Å². The Balaban J connectivity index is 2.31. The summed E-state index contributed by atoms with van der Waals surface area (Å²) >= 11 is 6.98. The van der Waals surface area contributed by atoms with Crippen molar-refractivity contribution in [1.29, 1.82) is 0 Å². The molecule has 0 aliphatic heterocycles. The highest BCUT2D eigenvalue weighted by Gasteiger charge is 2.07. The standard InChI is InChI=1S/C9H8ClN5S/c10-7-4-14-9(8(12)15-7)16-6-1-2-13-3-5(6)11/h1-4H,11H2,(H2,12,15). The van der Waals surface area contributed by atoms with E-state index in [1.54, 1.807) is 18.5 Å². The minimum absolute atomic E-state index is 0.268. The molecule has 0 radical (unpaired) electrons. The number of anilines is 2. The Hall–Kier alpha value is -1.53. The summed E-state index contributed by atoms with van der Waals surface area (Å²) in [4.78, 5) is 12.7. The lowest BCUT2D eigenvalue weighted by Crippen LogP contribution is -1.97. The summed E-state index contributed by atoms with van der Waals surface area (Å²) in [5, 5.41) is 0.840. The molecule has 4 N–H and O–H groups in total. The highest BCUT2D eigenvalue weighted by atomic mass is 35.5. The number of rotatable bonds is 2. The molecule has 0 saturated carbocycles. The number of nitrogens with two attached hydrogens (primary N) is 2. The topological polar surface area (TPSA) is 90.7 Å². The van der Waals surface area contributed by atoms with E-state index in [1.165, 1.54) is 18.0 Å².